The summed E-state index contributed by atoms with van der Waals surface area (Å²) in [6.07, 6.45) is 4.18. The number of unbranched alkanes of at least 4 members (excludes halogenated alkanes) is 1. The molecular weight excluding hydrogens is 484 g/mol. The van der Waals surface area contributed by atoms with E-state index in [-0.39, 0.29) is 29.2 Å². The SMILES string of the molecule is CCCCn1c(N2CC(C)OC(C)C2)c(/C=C2\SC(=S)N(CCCOC)C2=O)c(C)c(C#N)c1=O. The van der Waals surface area contributed by atoms with Crippen LogP contribution >= 0.6 is 24.0 Å². The van der Waals surface area contributed by atoms with E-state index in [1.807, 2.05) is 19.9 Å². The van der Waals surface area contributed by atoms with Crippen LogP contribution in [0.1, 0.15) is 56.7 Å². The van der Waals surface area contributed by atoms with Crippen LogP contribution in [0.4, 0.5) is 5.82 Å². The van der Waals surface area contributed by atoms with Gasteiger partial charge in [-0.1, -0.05) is 37.3 Å². The van der Waals surface area contributed by atoms with Gasteiger partial charge < -0.3 is 14.4 Å². The Kier molecular flexibility index (Phi) is 9.53. The van der Waals surface area contributed by atoms with Crippen LogP contribution in [0, 0.1) is 18.3 Å². The number of rotatable bonds is 9. The molecule has 0 spiro atoms. The zero-order chi connectivity index (χ0) is 25.7. The molecule has 0 bridgehead atoms. The lowest BCUT2D eigenvalue weighted by atomic mass is 10.0. The Morgan fingerprint density at radius 1 is 1.23 bits per heavy atom. The van der Waals surface area contributed by atoms with E-state index < -0.39 is 0 Å². The number of carbonyl (C=O) groups is 1. The zero-order valence-electron chi connectivity index (χ0n) is 21.1. The fourth-order valence-corrected chi connectivity index (χ4v) is 5.84. The molecule has 1 aromatic rings. The normalized spacial score (nSPS) is 21.8. The summed E-state index contributed by atoms with van der Waals surface area (Å²) in [6, 6.07) is 2.11. The van der Waals surface area contributed by atoms with Gasteiger partial charge in [0.15, 0.2) is 0 Å². The van der Waals surface area contributed by atoms with Crippen molar-refractivity contribution in [3.8, 4) is 6.07 Å². The molecule has 0 radical (unpaired) electrons. The number of methoxy groups -OCH3 is 1. The quantitative estimate of drug-likeness (QED) is 0.278. The molecule has 3 rings (SSSR count). The fraction of sp³-hybridized carbons (Fsp3) is 0.600. The van der Waals surface area contributed by atoms with Crippen molar-refractivity contribution in [1.82, 2.24) is 9.47 Å². The third kappa shape index (κ3) is 5.97. The molecule has 35 heavy (non-hydrogen) atoms. The molecule has 0 aromatic carbocycles. The van der Waals surface area contributed by atoms with Crippen LogP contribution in [0.2, 0.25) is 0 Å². The highest BCUT2D eigenvalue weighted by molar-refractivity contribution is 8.26. The summed E-state index contributed by atoms with van der Waals surface area (Å²) in [5, 5.41) is 9.85. The van der Waals surface area contributed by atoms with E-state index in [2.05, 4.69) is 17.9 Å². The number of carbonyl (C=O) groups excluding carboxylic acids is 1. The molecule has 2 unspecified atom stereocenters. The molecule has 3 heterocycles. The lowest BCUT2D eigenvalue weighted by Gasteiger charge is -2.39. The molecule has 8 nitrogen and oxygen atoms in total. The number of ether oxygens (including phenoxy) is 2. The molecule has 2 saturated heterocycles. The minimum atomic E-state index is -0.287. The Morgan fingerprint density at radius 3 is 2.51 bits per heavy atom. The number of thioether (sulfide) groups is 1. The van der Waals surface area contributed by atoms with Gasteiger partial charge in [0.2, 0.25) is 0 Å². The van der Waals surface area contributed by atoms with Gasteiger partial charge in [0, 0.05) is 45.5 Å². The molecule has 2 fully saturated rings. The number of thiocarbonyl (C=S) groups is 1. The predicted octanol–water partition coefficient (Wildman–Crippen LogP) is 3.68. The highest BCUT2D eigenvalue weighted by atomic mass is 32.2. The molecule has 2 atom stereocenters. The number of nitriles is 1. The summed E-state index contributed by atoms with van der Waals surface area (Å²) < 4.78 is 13.3. The third-order valence-electron chi connectivity index (χ3n) is 6.18. The summed E-state index contributed by atoms with van der Waals surface area (Å²) in [6.45, 7) is 10.6. The van der Waals surface area contributed by atoms with Crippen LogP contribution in [0.25, 0.3) is 6.08 Å². The maximum atomic E-state index is 13.4. The zero-order valence-corrected chi connectivity index (χ0v) is 22.8. The first-order chi connectivity index (χ1) is 16.7. The molecule has 1 amide bonds. The first-order valence-corrected chi connectivity index (χ1v) is 13.3. The van der Waals surface area contributed by atoms with Crippen LogP contribution in [0.15, 0.2) is 9.70 Å². The van der Waals surface area contributed by atoms with Crippen molar-refractivity contribution in [2.24, 2.45) is 0 Å². The second-order valence-corrected chi connectivity index (χ2v) is 10.7. The van der Waals surface area contributed by atoms with E-state index in [0.717, 1.165) is 24.2 Å². The summed E-state index contributed by atoms with van der Waals surface area (Å²) in [4.78, 5) is 30.9. The molecule has 2 aliphatic heterocycles. The average Bonchev–Trinajstić information content (AvgIpc) is 3.07. The summed E-state index contributed by atoms with van der Waals surface area (Å²) in [5.41, 5.74) is 1.12. The molecule has 0 N–H and O–H groups in total. The molecule has 2 aliphatic rings. The number of nitrogens with zero attached hydrogens (tertiary/aromatic N) is 4. The Labute approximate surface area is 216 Å². The molecule has 10 heteroatoms. The summed E-state index contributed by atoms with van der Waals surface area (Å²) >= 11 is 6.74. The molecule has 0 aliphatic carbocycles. The van der Waals surface area contributed by atoms with Crippen molar-refractivity contribution in [2.75, 3.05) is 38.3 Å². The summed E-state index contributed by atoms with van der Waals surface area (Å²) in [5.74, 6) is 0.585. The van der Waals surface area contributed by atoms with Gasteiger partial charge in [-0.3, -0.25) is 19.1 Å². The van der Waals surface area contributed by atoms with Crippen molar-refractivity contribution in [1.29, 1.82) is 5.26 Å². The van der Waals surface area contributed by atoms with Crippen LogP contribution in [-0.2, 0) is 20.8 Å². The number of pyridine rings is 1. The number of morpholine rings is 1. The summed E-state index contributed by atoms with van der Waals surface area (Å²) in [7, 11) is 1.63. The van der Waals surface area contributed by atoms with Gasteiger partial charge in [0.1, 0.15) is 21.8 Å². The highest BCUT2D eigenvalue weighted by Gasteiger charge is 2.34. The number of anilines is 1. The topological polar surface area (TPSA) is 87.8 Å². The van der Waals surface area contributed by atoms with E-state index in [1.165, 1.54) is 11.8 Å². The number of amides is 1. The van der Waals surface area contributed by atoms with Crippen molar-refractivity contribution < 1.29 is 14.3 Å². The van der Waals surface area contributed by atoms with Crippen molar-refractivity contribution in [3.63, 3.8) is 0 Å². The van der Waals surface area contributed by atoms with Gasteiger partial charge >= 0.3 is 0 Å². The van der Waals surface area contributed by atoms with Gasteiger partial charge in [-0.25, -0.2) is 0 Å². The molecule has 190 valence electrons. The second kappa shape index (κ2) is 12.2. The first kappa shape index (κ1) is 27.4. The van der Waals surface area contributed by atoms with Crippen molar-refractivity contribution in [3.05, 3.63) is 31.9 Å². The fourth-order valence-electron chi connectivity index (χ4n) is 4.55. The van der Waals surface area contributed by atoms with E-state index in [0.29, 0.717) is 54.0 Å². The van der Waals surface area contributed by atoms with Gasteiger partial charge in [0.05, 0.1) is 17.1 Å². The van der Waals surface area contributed by atoms with E-state index in [1.54, 1.807) is 23.5 Å². The van der Waals surface area contributed by atoms with Gasteiger partial charge in [0.25, 0.3) is 11.5 Å². The van der Waals surface area contributed by atoms with Crippen molar-refractivity contribution in [2.45, 2.75) is 65.7 Å². The highest BCUT2D eigenvalue weighted by Crippen LogP contribution is 2.36. The maximum absolute atomic E-state index is 13.4. The molecule has 1 aromatic heterocycles. The lowest BCUT2D eigenvalue weighted by Crippen LogP contribution is -2.48. The smallest absolute Gasteiger partial charge is 0.270 e. The van der Waals surface area contributed by atoms with Gasteiger partial charge in [-0.2, -0.15) is 5.26 Å². The molecule has 0 saturated carbocycles. The van der Waals surface area contributed by atoms with Crippen LogP contribution in [0.3, 0.4) is 0 Å². The Morgan fingerprint density at radius 2 is 1.91 bits per heavy atom. The standard InChI is InChI=1S/C25H34N4O4S2/c1-6-7-9-28-22(27-14-16(2)33-17(3)15-27)19(18(4)20(13-26)23(28)30)12-21-24(31)29(25(34)35-21)10-8-11-32-5/h12,16-17H,6-11,14-15H2,1-5H3/b21-12-. The second-order valence-electron chi connectivity index (χ2n) is 9.00. The lowest BCUT2D eigenvalue weighted by molar-refractivity contribution is -0.122. The molecular formula is C25H34N4O4S2. The minimum Gasteiger partial charge on any atom is -0.385 e. The third-order valence-corrected chi connectivity index (χ3v) is 7.56. The first-order valence-electron chi connectivity index (χ1n) is 12.1. The average molecular weight is 519 g/mol. The van der Waals surface area contributed by atoms with Crippen LogP contribution in [0.5, 0.6) is 0 Å². The van der Waals surface area contributed by atoms with E-state index >= 15 is 0 Å². The minimum absolute atomic E-state index is 0.0173. The number of hydrogen-bond acceptors (Lipinski definition) is 8. The van der Waals surface area contributed by atoms with Crippen LogP contribution < -0.4 is 10.5 Å². The van der Waals surface area contributed by atoms with Gasteiger partial charge in [-0.15, -0.1) is 0 Å². The number of aromatic nitrogens is 1. The monoisotopic (exact) mass is 518 g/mol. The van der Waals surface area contributed by atoms with E-state index in [9.17, 15) is 14.9 Å². The predicted molar refractivity (Wildman–Crippen MR) is 144 cm³/mol. The Hall–Kier alpha value is -2.19. The Bertz CT molecular complexity index is 1100. The van der Waals surface area contributed by atoms with E-state index in [4.69, 9.17) is 21.7 Å². The maximum Gasteiger partial charge on any atom is 0.270 e. The van der Waals surface area contributed by atoms with Crippen molar-refractivity contribution >= 4 is 46.1 Å². The number of hydrogen-bond donors (Lipinski definition) is 0. The Balaban J connectivity index is 2.17. The largest absolute Gasteiger partial charge is 0.385 e. The van der Waals surface area contributed by atoms with Crippen LogP contribution in [-0.4, -0.2) is 65.3 Å². The van der Waals surface area contributed by atoms with Gasteiger partial charge in [-0.05, 0) is 45.3 Å².